The first-order valence-electron chi connectivity index (χ1n) is 8.44. The Morgan fingerprint density at radius 3 is 2.78 bits per heavy atom. The summed E-state index contributed by atoms with van der Waals surface area (Å²) in [5, 5.41) is 11.5. The summed E-state index contributed by atoms with van der Waals surface area (Å²) in [5.74, 6) is 0.522. The predicted octanol–water partition coefficient (Wildman–Crippen LogP) is 4.90. The molecule has 0 unspecified atom stereocenters. The largest absolute Gasteiger partial charge is 0.487 e. The van der Waals surface area contributed by atoms with Crippen LogP contribution in [0.15, 0.2) is 47.8 Å². The van der Waals surface area contributed by atoms with Gasteiger partial charge in [0.25, 0.3) is 0 Å². The van der Waals surface area contributed by atoms with E-state index in [0.717, 1.165) is 22.5 Å². The summed E-state index contributed by atoms with van der Waals surface area (Å²) in [4.78, 5) is 18.5. The molecule has 2 aromatic carbocycles. The number of carbonyl (C=O) groups is 1. The van der Waals surface area contributed by atoms with Crippen molar-refractivity contribution >= 4 is 28.1 Å². The molecule has 0 saturated carbocycles. The van der Waals surface area contributed by atoms with Gasteiger partial charge in [0.15, 0.2) is 5.13 Å². The highest BCUT2D eigenvalue weighted by Crippen LogP contribution is 2.32. The summed E-state index contributed by atoms with van der Waals surface area (Å²) >= 11 is 1.40. The van der Waals surface area contributed by atoms with Crippen LogP contribution in [0.3, 0.4) is 0 Å². The van der Waals surface area contributed by atoms with Gasteiger partial charge in [-0.3, -0.25) is 9.69 Å². The molecular weight excluding hydrogens is 358 g/mol. The number of thiazole rings is 1. The lowest BCUT2D eigenvalue weighted by atomic mass is 10.1. The molecule has 0 atom stereocenters. The van der Waals surface area contributed by atoms with Crippen LogP contribution in [-0.2, 0) is 11.4 Å². The van der Waals surface area contributed by atoms with E-state index in [9.17, 15) is 4.79 Å². The average Bonchev–Trinajstić information content (AvgIpc) is 3.12. The first-order valence-corrected chi connectivity index (χ1v) is 9.32. The van der Waals surface area contributed by atoms with Gasteiger partial charge in [0.1, 0.15) is 12.4 Å². The lowest BCUT2D eigenvalue weighted by molar-refractivity contribution is -0.115. The SMILES string of the molecule is CC(=O)N(c1nc(COc2cccc(C#N)c2)cs1)c1cccc(C)c1C. The molecule has 1 amide bonds. The molecule has 1 aromatic heterocycles. The van der Waals surface area contributed by atoms with E-state index < -0.39 is 0 Å². The Morgan fingerprint density at radius 1 is 1.26 bits per heavy atom. The maximum atomic E-state index is 12.3. The molecule has 0 spiro atoms. The fraction of sp³-hybridized carbons (Fsp3) is 0.190. The van der Waals surface area contributed by atoms with Crippen LogP contribution in [0.4, 0.5) is 10.8 Å². The lowest BCUT2D eigenvalue weighted by Gasteiger charge is -2.21. The van der Waals surface area contributed by atoms with Crippen molar-refractivity contribution in [1.29, 1.82) is 5.26 Å². The van der Waals surface area contributed by atoms with E-state index in [4.69, 9.17) is 10.00 Å². The molecule has 0 N–H and O–H groups in total. The number of aromatic nitrogens is 1. The zero-order valence-electron chi connectivity index (χ0n) is 15.4. The number of nitrogens with zero attached hydrogens (tertiary/aromatic N) is 3. The first-order chi connectivity index (χ1) is 13.0. The van der Waals surface area contributed by atoms with E-state index in [1.807, 2.05) is 37.4 Å². The second kappa shape index (κ2) is 8.02. The van der Waals surface area contributed by atoms with Crippen LogP contribution in [0.1, 0.15) is 29.3 Å². The number of hydrogen-bond donors (Lipinski definition) is 0. The van der Waals surface area contributed by atoms with Gasteiger partial charge in [-0.1, -0.05) is 18.2 Å². The Labute approximate surface area is 162 Å². The molecule has 5 nitrogen and oxygen atoms in total. The third kappa shape index (κ3) is 4.15. The maximum absolute atomic E-state index is 12.3. The van der Waals surface area contributed by atoms with Crippen LogP contribution >= 0.6 is 11.3 Å². The van der Waals surface area contributed by atoms with Crippen molar-refractivity contribution in [2.45, 2.75) is 27.4 Å². The Kier molecular flexibility index (Phi) is 5.53. The van der Waals surface area contributed by atoms with Crippen LogP contribution in [-0.4, -0.2) is 10.9 Å². The Hall–Kier alpha value is -3.17. The van der Waals surface area contributed by atoms with E-state index in [0.29, 0.717) is 16.4 Å². The molecule has 0 bridgehead atoms. The molecule has 0 fully saturated rings. The van der Waals surface area contributed by atoms with Gasteiger partial charge in [-0.25, -0.2) is 4.98 Å². The van der Waals surface area contributed by atoms with Crippen molar-refractivity contribution in [2.24, 2.45) is 0 Å². The van der Waals surface area contributed by atoms with Gasteiger partial charge < -0.3 is 4.74 Å². The number of benzene rings is 2. The number of aryl methyl sites for hydroxylation is 1. The summed E-state index contributed by atoms with van der Waals surface area (Å²) in [5.41, 5.74) is 4.29. The van der Waals surface area contributed by atoms with E-state index in [-0.39, 0.29) is 12.5 Å². The molecular formula is C21H19N3O2S. The van der Waals surface area contributed by atoms with Crippen molar-refractivity contribution in [3.05, 3.63) is 70.2 Å². The number of amides is 1. The average molecular weight is 377 g/mol. The Morgan fingerprint density at radius 2 is 2.04 bits per heavy atom. The number of hydrogen-bond acceptors (Lipinski definition) is 5. The molecule has 0 aliphatic rings. The molecule has 0 saturated heterocycles. The van der Waals surface area contributed by atoms with Crippen molar-refractivity contribution in [1.82, 2.24) is 4.98 Å². The predicted molar refractivity (Wildman–Crippen MR) is 106 cm³/mol. The minimum Gasteiger partial charge on any atom is -0.487 e. The summed E-state index contributed by atoms with van der Waals surface area (Å²) < 4.78 is 5.73. The van der Waals surface area contributed by atoms with E-state index in [2.05, 4.69) is 11.1 Å². The van der Waals surface area contributed by atoms with Gasteiger partial charge in [0.2, 0.25) is 5.91 Å². The van der Waals surface area contributed by atoms with E-state index >= 15 is 0 Å². The molecule has 0 aliphatic heterocycles. The van der Waals surface area contributed by atoms with Gasteiger partial charge in [-0.2, -0.15) is 5.26 Å². The number of ether oxygens (including phenoxy) is 1. The van der Waals surface area contributed by atoms with Crippen LogP contribution < -0.4 is 9.64 Å². The maximum Gasteiger partial charge on any atom is 0.230 e. The Bertz CT molecular complexity index is 1020. The normalized spacial score (nSPS) is 10.3. The number of carbonyl (C=O) groups excluding carboxylic acids is 1. The highest BCUT2D eigenvalue weighted by atomic mass is 32.1. The molecule has 6 heteroatoms. The molecule has 0 radical (unpaired) electrons. The fourth-order valence-corrected chi connectivity index (χ4v) is 3.53. The fourth-order valence-electron chi connectivity index (χ4n) is 2.66. The summed E-state index contributed by atoms with van der Waals surface area (Å²) in [6.07, 6.45) is 0. The van der Waals surface area contributed by atoms with Crippen LogP contribution in [0.5, 0.6) is 5.75 Å². The summed E-state index contributed by atoms with van der Waals surface area (Å²) in [7, 11) is 0. The van der Waals surface area contributed by atoms with Crippen LogP contribution in [0.2, 0.25) is 0 Å². The van der Waals surface area contributed by atoms with Gasteiger partial charge in [-0.15, -0.1) is 11.3 Å². The lowest BCUT2D eigenvalue weighted by Crippen LogP contribution is -2.23. The number of anilines is 2. The van der Waals surface area contributed by atoms with Crippen molar-refractivity contribution in [3.8, 4) is 11.8 Å². The highest BCUT2D eigenvalue weighted by molar-refractivity contribution is 7.14. The second-order valence-electron chi connectivity index (χ2n) is 6.12. The van der Waals surface area contributed by atoms with E-state index in [1.54, 1.807) is 29.2 Å². The second-order valence-corrected chi connectivity index (χ2v) is 6.96. The van der Waals surface area contributed by atoms with Gasteiger partial charge in [-0.05, 0) is 49.2 Å². The highest BCUT2D eigenvalue weighted by Gasteiger charge is 2.20. The third-order valence-electron chi connectivity index (χ3n) is 4.21. The minimum absolute atomic E-state index is 0.0905. The van der Waals surface area contributed by atoms with E-state index in [1.165, 1.54) is 18.3 Å². The van der Waals surface area contributed by atoms with Crippen molar-refractivity contribution in [3.63, 3.8) is 0 Å². The van der Waals surface area contributed by atoms with Gasteiger partial charge >= 0.3 is 0 Å². The standard InChI is InChI=1S/C21H19N3O2S/c1-14-6-4-9-20(15(14)2)24(16(3)25)21-23-18(13-27-21)12-26-19-8-5-7-17(10-19)11-22/h4-10,13H,12H2,1-3H3. The molecule has 136 valence electrons. The summed E-state index contributed by atoms with van der Waals surface area (Å²) in [6.45, 7) is 5.82. The molecule has 0 aliphatic carbocycles. The third-order valence-corrected chi connectivity index (χ3v) is 5.09. The quantitative estimate of drug-likeness (QED) is 0.634. The smallest absolute Gasteiger partial charge is 0.230 e. The topological polar surface area (TPSA) is 66.2 Å². The zero-order valence-corrected chi connectivity index (χ0v) is 16.2. The minimum atomic E-state index is -0.0905. The molecule has 1 heterocycles. The molecule has 3 aromatic rings. The van der Waals surface area contributed by atoms with Crippen molar-refractivity contribution in [2.75, 3.05) is 4.90 Å². The van der Waals surface area contributed by atoms with Gasteiger partial charge in [0.05, 0.1) is 23.0 Å². The molecule has 27 heavy (non-hydrogen) atoms. The number of nitriles is 1. The van der Waals surface area contributed by atoms with Crippen LogP contribution in [0.25, 0.3) is 0 Å². The Balaban J connectivity index is 1.81. The van der Waals surface area contributed by atoms with Gasteiger partial charge in [0, 0.05) is 12.3 Å². The first kappa shape index (κ1) is 18.6. The van der Waals surface area contributed by atoms with Crippen molar-refractivity contribution < 1.29 is 9.53 Å². The zero-order chi connectivity index (χ0) is 19.4. The van der Waals surface area contributed by atoms with Crippen LogP contribution in [0, 0.1) is 25.2 Å². The monoisotopic (exact) mass is 377 g/mol. The number of rotatable bonds is 5. The summed E-state index contributed by atoms with van der Waals surface area (Å²) in [6, 6.07) is 15.0. The molecule has 3 rings (SSSR count).